The maximum Gasteiger partial charge on any atom is 0.426 e. The molecule has 1 nitrogen and oxygen atoms in total. The highest BCUT2D eigenvalue weighted by Crippen LogP contribution is 2.48. The fraction of sp³-hybridized carbons (Fsp3) is 1.00. The van der Waals surface area contributed by atoms with Gasteiger partial charge in [-0.15, -0.1) is 0 Å². The Balaban J connectivity index is 2.87. The summed E-state index contributed by atoms with van der Waals surface area (Å²) in [7, 11) is 0. The molecule has 0 aromatic rings. The Hall–Kier alpha value is -0.460. The molecule has 0 spiro atoms. The third-order valence-electron chi connectivity index (χ3n) is 3.00. The van der Waals surface area contributed by atoms with Gasteiger partial charge in [0.1, 0.15) is 0 Å². The summed E-state index contributed by atoms with van der Waals surface area (Å²) in [5.41, 5.74) is -4.56. The van der Waals surface area contributed by atoms with E-state index in [9.17, 15) is 26.3 Å². The van der Waals surface area contributed by atoms with Crippen LogP contribution in [0.4, 0.5) is 26.3 Å². The summed E-state index contributed by atoms with van der Waals surface area (Å²) in [6, 6.07) is 0. The van der Waals surface area contributed by atoms with Crippen molar-refractivity contribution in [1.82, 2.24) is 0 Å². The molecule has 0 saturated heterocycles. The number of aliphatic hydroxyl groups is 1. The largest absolute Gasteiger partial charge is 0.426 e. The van der Waals surface area contributed by atoms with Gasteiger partial charge in [0.05, 0.1) is 0 Å². The lowest BCUT2D eigenvalue weighted by Crippen LogP contribution is -2.57. The van der Waals surface area contributed by atoms with Crippen LogP contribution >= 0.6 is 0 Å². The molecule has 1 rings (SSSR count). The SMILES string of the molecule is OC(CC1CCCC1)(C(F)(F)F)C(F)(F)F. The van der Waals surface area contributed by atoms with E-state index in [2.05, 4.69) is 0 Å². The van der Waals surface area contributed by atoms with Crippen molar-refractivity contribution in [2.45, 2.75) is 50.1 Å². The molecular weight excluding hydrogens is 238 g/mol. The lowest BCUT2D eigenvalue weighted by molar-refractivity contribution is -0.372. The van der Waals surface area contributed by atoms with Gasteiger partial charge in [-0.3, -0.25) is 0 Å². The molecule has 1 saturated carbocycles. The maximum absolute atomic E-state index is 12.3. The van der Waals surface area contributed by atoms with Crippen molar-refractivity contribution in [3.8, 4) is 0 Å². The molecule has 0 bridgehead atoms. The molecule has 0 amide bonds. The van der Waals surface area contributed by atoms with E-state index in [1.165, 1.54) is 0 Å². The lowest BCUT2D eigenvalue weighted by Gasteiger charge is -2.34. The standard InChI is InChI=1S/C9H12F6O/c10-8(11,12)7(16,9(13,14)15)5-6-3-1-2-4-6/h6,16H,1-5H2. The summed E-state index contributed by atoms with van der Waals surface area (Å²) in [5.74, 6) is -0.701. The fourth-order valence-electron chi connectivity index (χ4n) is 2.02. The van der Waals surface area contributed by atoms with Crippen molar-refractivity contribution in [3.05, 3.63) is 0 Å². The van der Waals surface area contributed by atoms with Gasteiger partial charge >= 0.3 is 12.4 Å². The van der Waals surface area contributed by atoms with Gasteiger partial charge in [0, 0.05) is 0 Å². The highest BCUT2D eigenvalue weighted by atomic mass is 19.4. The molecule has 0 aromatic carbocycles. The minimum Gasteiger partial charge on any atom is -0.374 e. The number of rotatable bonds is 2. The zero-order valence-corrected chi connectivity index (χ0v) is 8.33. The van der Waals surface area contributed by atoms with E-state index < -0.39 is 30.3 Å². The Morgan fingerprint density at radius 1 is 0.875 bits per heavy atom. The van der Waals surface area contributed by atoms with Crippen LogP contribution in [0, 0.1) is 5.92 Å². The summed E-state index contributed by atoms with van der Waals surface area (Å²) in [5, 5.41) is 8.89. The van der Waals surface area contributed by atoms with Crippen molar-refractivity contribution in [2.75, 3.05) is 0 Å². The Morgan fingerprint density at radius 2 is 1.25 bits per heavy atom. The second kappa shape index (κ2) is 4.09. The highest BCUT2D eigenvalue weighted by Gasteiger charge is 2.70. The average molecular weight is 250 g/mol. The van der Waals surface area contributed by atoms with Crippen LogP contribution in [0.1, 0.15) is 32.1 Å². The predicted octanol–water partition coefficient (Wildman–Crippen LogP) is 3.42. The van der Waals surface area contributed by atoms with Gasteiger partial charge in [0.2, 0.25) is 0 Å². The van der Waals surface area contributed by atoms with Crippen molar-refractivity contribution < 1.29 is 31.4 Å². The van der Waals surface area contributed by atoms with Crippen LogP contribution in [0.2, 0.25) is 0 Å². The number of halogens is 6. The second-order valence-electron chi connectivity index (χ2n) is 4.21. The molecule has 1 N–H and O–H groups in total. The molecule has 7 heteroatoms. The van der Waals surface area contributed by atoms with Crippen molar-refractivity contribution in [3.63, 3.8) is 0 Å². The molecule has 96 valence electrons. The molecule has 1 fully saturated rings. The zero-order valence-electron chi connectivity index (χ0n) is 8.33. The van der Waals surface area contributed by atoms with Crippen LogP contribution in [-0.4, -0.2) is 23.1 Å². The fourth-order valence-corrected chi connectivity index (χ4v) is 2.02. The van der Waals surface area contributed by atoms with Crippen LogP contribution < -0.4 is 0 Å². The van der Waals surface area contributed by atoms with Gasteiger partial charge in [0.15, 0.2) is 0 Å². The van der Waals surface area contributed by atoms with E-state index >= 15 is 0 Å². The first-order valence-corrected chi connectivity index (χ1v) is 4.94. The smallest absolute Gasteiger partial charge is 0.374 e. The Bertz CT molecular complexity index is 223. The Labute approximate surface area is 88.4 Å². The number of hydrogen-bond acceptors (Lipinski definition) is 1. The van der Waals surface area contributed by atoms with Crippen molar-refractivity contribution >= 4 is 0 Å². The van der Waals surface area contributed by atoms with E-state index in [1.807, 2.05) is 0 Å². The van der Waals surface area contributed by atoms with Crippen molar-refractivity contribution in [1.29, 1.82) is 0 Å². The molecule has 0 radical (unpaired) electrons. The first kappa shape index (κ1) is 13.6. The Morgan fingerprint density at radius 3 is 1.56 bits per heavy atom. The van der Waals surface area contributed by atoms with Crippen LogP contribution in [-0.2, 0) is 0 Å². The highest BCUT2D eigenvalue weighted by molar-refractivity contribution is 4.96. The molecule has 0 heterocycles. The molecular formula is C9H12F6O. The van der Waals surface area contributed by atoms with Gasteiger partial charge in [0.25, 0.3) is 5.60 Å². The van der Waals surface area contributed by atoms with Gasteiger partial charge in [-0.05, 0) is 12.3 Å². The molecule has 0 atom stereocenters. The van der Waals surface area contributed by atoms with Crippen LogP contribution in [0.3, 0.4) is 0 Å². The first-order valence-electron chi connectivity index (χ1n) is 4.94. The molecule has 0 unspecified atom stereocenters. The van der Waals surface area contributed by atoms with Gasteiger partial charge in [-0.25, -0.2) is 0 Å². The number of alkyl halides is 6. The zero-order chi connectivity index (χ0) is 12.6. The quantitative estimate of drug-likeness (QED) is 0.744. The minimum absolute atomic E-state index is 0.314. The maximum atomic E-state index is 12.3. The predicted molar refractivity (Wildman–Crippen MR) is 43.6 cm³/mol. The normalized spacial score (nSPS) is 20.4. The van der Waals surface area contributed by atoms with Crippen LogP contribution in [0.25, 0.3) is 0 Å². The van der Waals surface area contributed by atoms with E-state index in [4.69, 9.17) is 5.11 Å². The molecule has 1 aliphatic carbocycles. The number of hydrogen-bond donors (Lipinski definition) is 1. The second-order valence-corrected chi connectivity index (χ2v) is 4.21. The topological polar surface area (TPSA) is 20.2 Å². The molecule has 1 aliphatic rings. The third-order valence-corrected chi connectivity index (χ3v) is 3.00. The summed E-state index contributed by atoms with van der Waals surface area (Å²) < 4.78 is 73.7. The summed E-state index contributed by atoms with van der Waals surface area (Å²) >= 11 is 0. The third kappa shape index (κ3) is 2.44. The van der Waals surface area contributed by atoms with Crippen LogP contribution in [0.5, 0.6) is 0 Å². The lowest BCUT2D eigenvalue weighted by atomic mass is 9.88. The summed E-state index contributed by atoms with van der Waals surface area (Å²) in [6.45, 7) is 0. The molecule has 0 aliphatic heterocycles. The van der Waals surface area contributed by atoms with Crippen LogP contribution in [0.15, 0.2) is 0 Å². The monoisotopic (exact) mass is 250 g/mol. The van der Waals surface area contributed by atoms with Gasteiger partial charge < -0.3 is 5.11 Å². The molecule has 16 heavy (non-hydrogen) atoms. The van der Waals surface area contributed by atoms with Crippen molar-refractivity contribution in [2.24, 2.45) is 5.92 Å². The molecule has 0 aromatic heterocycles. The van der Waals surface area contributed by atoms with E-state index in [1.54, 1.807) is 0 Å². The first-order chi connectivity index (χ1) is 7.08. The minimum atomic E-state index is -5.67. The summed E-state index contributed by atoms with van der Waals surface area (Å²) in [4.78, 5) is 0. The van der Waals surface area contributed by atoms with E-state index in [0.717, 1.165) is 0 Å². The average Bonchev–Trinajstić information content (AvgIpc) is 2.52. The van der Waals surface area contributed by atoms with Gasteiger partial charge in [-0.2, -0.15) is 26.3 Å². The summed E-state index contributed by atoms with van der Waals surface area (Å²) in [6.07, 6.45) is -10.8. The Kier molecular flexibility index (Phi) is 3.47. The van der Waals surface area contributed by atoms with E-state index in [0.29, 0.717) is 25.7 Å². The van der Waals surface area contributed by atoms with Gasteiger partial charge in [-0.1, -0.05) is 25.7 Å². The van der Waals surface area contributed by atoms with E-state index in [-0.39, 0.29) is 0 Å².